The maximum Gasteiger partial charge on any atom is 0.234 e. The first-order valence-electron chi connectivity index (χ1n) is 8.28. The lowest BCUT2D eigenvalue weighted by molar-refractivity contribution is -0.118. The summed E-state index contributed by atoms with van der Waals surface area (Å²) >= 11 is 6.89. The molecule has 1 aromatic heterocycles. The van der Waals surface area contributed by atoms with Crippen molar-refractivity contribution in [2.24, 2.45) is 5.92 Å². The summed E-state index contributed by atoms with van der Waals surface area (Å²) in [5.41, 5.74) is 1.000. The second-order valence-corrected chi connectivity index (χ2v) is 7.16. The van der Waals surface area contributed by atoms with Crippen LogP contribution in [0.1, 0.15) is 24.2 Å². The highest BCUT2D eigenvalue weighted by atomic mass is 35.5. The van der Waals surface area contributed by atoms with E-state index in [0.717, 1.165) is 42.5 Å². The Morgan fingerprint density at radius 1 is 1.32 bits per heavy atom. The van der Waals surface area contributed by atoms with Crippen LogP contribution in [0.25, 0.3) is 0 Å². The summed E-state index contributed by atoms with van der Waals surface area (Å²) in [5, 5.41) is 3.78. The van der Waals surface area contributed by atoms with E-state index in [-0.39, 0.29) is 17.6 Å². The molecule has 1 aromatic carbocycles. The minimum absolute atomic E-state index is 0.0143. The van der Waals surface area contributed by atoms with E-state index in [9.17, 15) is 9.18 Å². The number of alkyl halides is 1. The zero-order valence-electron chi connectivity index (χ0n) is 13.8. The van der Waals surface area contributed by atoms with Crippen molar-refractivity contribution < 1.29 is 9.18 Å². The Morgan fingerprint density at radius 2 is 2.04 bits per heavy atom. The lowest BCUT2D eigenvalue weighted by Gasteiger charge is -2.31. The molecule has 1 saturated heterocycles. The van der Waals surface area contributed by atoms with E-state index < -0.39 is 0 Å². The number of benzene rings is 1. The Labute approximate surface area is 155 Å². The number of aromatic nitrogens is 2. The molecule has 1 aliphatic heterocycles. The van der Waals surface area contributed by atoms with Crippen LogP contribution in [0.5, 0.6) is 0 Å². The van der Waals surface area contributed by atoms with Crippen LogP contribution < -0.4 is 10.2 Å². The van der Waals surface area contributed by atoms with E-state index in [0.29, 0.717) is 18.9 Å². The number of amides is 1. The number of carbonyl (C=O) groups excluding carboxylic acids is 1. The number of nitrogens with one attached hydrogen (secondary N) is 1. The zero-order chi connectivity index (χ0) is 17.6. The molecule has 1 N–H and O–H groups in total. The fraction of sp³-hybridized carbons (Fsp3) is 0.471. The Bertz CT molecular complexity index is 701. The van der Waals surface area contributed by atoms with Crippen molar-refractivity contribution in [2.45, 2.75) is 19.3 Å². The first-order valence-corrected chi connectivity index (χ1v) is 9.59. The fourth-order valence-electron chi connectivity index (χ4n) is 2.86. The molecule has 5 nitrogen and oxygen atoms in total. The topological polar surface area (TPSA) is 58.1 Å². The SMILES string of the molecule is O=C(CCl)NCC1CCN(c2nc(Cc3ccc(F)cc3)ns2)CC1. The molecular formula is C17H20ClFN4OS. The van der Waals surface area contributed by atoms with Gasteiger partial charge >= 0.3 is 0 Å². The van der Waals surface area contributed by atoms with E-state index in [2.05, 4.69) is 19.6 Å². The second kappa shape index (κ2) is 8.58. The molecule has 1 amide bonds. The number of hydrogen-bond acceptors (Lipinski definition) is 5. The van der Waals surface area contributed by atoms with Gasteiger partial charge in [-0.25, -0.2) is 9.37 Å². The molecule has 0 spiro atoms. The summed E-state index contributed by atoms with van der Waals surface area (Å²) in [5.74, 6) is 0.915. The van der Waals surface area contributed by atoms with Crippen LogP contribution in [-0.2, 0) is 11.2 Å². The third-order valence-corrected chi connectivity index (χ3v) is 5.38. The van der Waals surface area contributed by atoms with Crippen LogP contribution in [0.3, 0.4) is 0 Å². The average Bonchev–Trinajstić information content (AvgIpc) is 3.10. The van der Waals surface area contributed by atoms with Crippen LogP contribution in [-0.4, -0.2) is 40.8 Å². The van der Waals surface area contributed by atoms with Gasteiger partial charge in [0, 0.05) is 37.6 Å². The molecule has 0 aliphatic carbocycles. The normalized spacial score (nSPS) is 15.4. The van der Waals surface area contributed by atoms with Crippen LogP contribution in [0.2, 0.25) is 0 Å². The first kappa shape index (κ1) is 18.1. The number of anilines is 1. The van der Waals surface area contributed by atoms with Gasteiger partial charge in [-0.2, -0.15) is 4.37 Å². The number of carbonyl (C=O) groups is 1. The number of piperidine rings is 1. The third-order valence-electron chi connectivity index (χ3n) is 4.33. The van der Waals surface area contributed by atoms with Gasteiger partial charge < -0.3 is 10.2 Å². The van der Waals surface area contributed by atoms with Gasteiger partial charge in [0.15, 0.2) is 0 Å². The molecule has 25 heavy (non-hydrogen) atoms. The maximum atomic E-state index is 13.0. The zero-order valence-corrected chi connectivity index (χ0v) is 15.3. The lowest BCUT2D eigenvalue weighted by atomic mass is 9.97. The largest absolute Gasteiger partial charge is 0.355 e. The van der Waals surface area contributed by atoms with Gasteiger partial charge in [-0.15, -0.1) is 11.6 Å². The monoisotopic (exact) mass is 382 g/mol. The molecule has 0 unspecified atom stereocenters. The number of halogens is 2. The highest BCUT2D eigenvalue weighted by molar-refractivity contribution is 7.09. The van der Waals surface area contributed by atoms with Gasteiger partial charge in [-0.3, -0.25) is 4.79 Å². The average molecular weight is 383 g/mol. The first-order chi connectivity index (χ1) is 12.1. The number of rotatable bonds is 6. The summed E-state index contributed by atoms with van der Waals surface area (Å²) in [6, 6.07) is 6.43. The molecule has 1 aliphatic rings. The van der Waals surface area contributed by atoms with Gasteiger partial charge in [0.25, 0.3) is 0 Å². The molecule has 1 fully saturated rings. The van der Waals surface area contributed by atoms with E-state index in [1.807, 2.05) is 0 Å². The lowest BCUT2D eigenvalue weighted by Crippen LogP contribution is -2.39. The highest BCUT2D eigenvalue weighted by Crippen LogP contribution is 2.25. The minimum atomic E-state index is -0.235. The number of nitrogens with zero attached hydrogens (tertiary/aromatic N) is 3. The molecule has 134 valence electrons. The van der Waals surface area contributed by atoms with Gasteiger partial charge in [0.2, 0.25) is 11.0 Å². The summed E-state index contributed by atoms with van der Waals surface area (Å²) in [7, 11) is 0. The quantitative estimate of drug-likeness (QED) is 0.780. The third kappa shape index (κ3) is 5.12. The van der Waals surface area contributed by atoms with Gasteiger partial charge in [-0.05, 0) is 36.5 Å². The molecule has 0 atom stereocenters. The molecule has 2 aromatic rings. The molecule has 2 heterocycles. The van der Waals surface area contributed by atoms with Crippen molar-refractivity contribution in [3.05, 3.63) is 41.5 Å². The molecular weight excluding hydrogens is 363 g/mol. The summed E-state index contributed by atoms with van der Waals surface area (Å²) in [4.78, 5) is 18.1. The minimum Gasteiger partial charge on any atom is -0.355 e. The van der Waals surface area contributed by atoms with Gasteiger partial charge in [-0.1, -0.05) is 12.1 Å². The molecule has 8 heteroatoms. The summed E-state index contributed by atoms with van der Waals surface area (Å²) < 4.78 is 17.4. The molecule has 0 saturated carbocycles. The Kier molecular flexibility index (Phi) is 6.20. The standard InChI is InChI=1S/C17H20ClFN4OS/c18-10-16(24)20-11-13-5-7-23(8-6-13)17-21-15(22-25-17)9-12-1-3-14(19)4-2-12/h1-4,13H,5-11H2,(H,20,24). The molecule has 0 bridgehead atoms. The van der Waals surface area contributed by atoms with Crippen molar-refractivity contribution in [3.63, 3.8) is 0 Å². The smallest absolute Gasteiger partial charge is 0.234 e. The van der Waals surface area contributed by atoms with E-state index >= 15 is 0 Å². The highest BCUT2D eigenvalue weighted by Gasteiger charge is 2.22. The van der Waals surface area contributed by atoms with E-state index in [4.69, 9.17) is 11.6 Å². The van der Waals surface area contributed by atoms with Crippen molar-refractivity contribution in [1.29, 1.82) is 0 Å². The predicted molar refractivity (Wildman–Crippen MR) is 97.8 cm³/mol. The van der Waals surface area contributed by atoms with E-state index in [1.54, 1.807) is 12.1 Å². The van der Waals surface area contributed by atoms with Gasteiger partial charge in [0.1, 0.15) is 17.5 Å². The van der Waals surface area contributed by atoms with Crippen LogP contribution in [0, 0.1) is 11.7 Å². The van der Waals surface area contributed by atoms with Crippen molar-refractivity contribution >= 4 is 34.2 Å². The summed E-state index contributed by atoms with van der Waals surface area (Å²) in [6.45, 7) is 2.50. The number of hydrogen-bond donors (Lipinski definition) is 1. The summed E-state index contributed by atoms with van der Waals surface area (Å²) in [6.07, 6.45) is 2.63. The Morgan fingerprint density at radius 3 is 2.72 bits per heavy atom. The van der Waals surface area contributed by atoms with Crippen LogP contribution >= 0.6 is 23.1 Å². The van der Waals surface area contributed by atoms with Crippen LogP contribution in [0.4, 0.5) is 9.52 Å². The van der Waals surface area contributed by atoms with Crippen molar-refractivity contribution in [2.75, 3.05) is 30.4 Å². The Hall–Kier alpha value is -1.73. The van der Waals surface area contributed by atoms with E-state index in [1.165, 1.54) is 23.7 Å². The Balaban J connectivity index is 1.50. The van der Waals surface area contributed by atoms with Crippen molar-refractivity contribution in [3.8, 4) is 0 Å². The fourth-order valence-corrected chi connectivity index (χ4v) is 3.69. The van der Waals surface area contributed by atoms with Gasteiger partial charge in [0.05, 0.1) is 0 Å². The maximum absolute atomic E-state index is 13.0. The second-order valence-electron chi connectivity index (χ2n) is 6.16. The van der Waals surface area contributed by atoms with Crippen molar-refractivity contribution in [1.82, 2.24) is 14.7 Å². The molecule has 3 rings (SSSR count). The predicted octanol–water partition coefficient (Wildman–Crippen LogP) is 2.84. The van der Waals surface area contributed by atoms with Crippen LogP contribution in [0.15, 0.2) is 24.3 Å². The molecule has 0 radical (unpaired) electrons.